The van der Waals surface area contributed by atoms with Crippen LogP contribution >= 0.6 is 0 Å². The molecule has 4 atom stereocenters. The lowest BCUT2D eigenvalue weighted by Gasteiger charge is -2.32. The second-order valence-electron chi connectivity index (χ2n) is 4.05. The highest BCUT2D eigenvalue weighted by Crippen LogP contribution is 2.36. The fourth-order valence-electron chi connectivity index (χ4n) is 2.15. The SMILES string of the molecule is O[C@@H]1CC[C@@H](c2ccccc2)[C@@H](F)[C@H]1F. The van der Waals surface area contributed by atoms with E-state index in [2.05, 4.69) is 0 Å². The largest absolute Gasteiger partial charge is 0.390 e. The van der Waals surface area contributed by atoms with Crippen molar-refractivity contribution in [1.82, 2.24) is 0 Å². The van der Waals surface area contributed by atoms with Crippen LogP contribution in [0.25, 0.3) is 0 Å². The molecule has 3 heteroatoms. The molecule has 0 radical (unpaired) electrons. The molecule has 1 aromatic carbocycles. The van der Waals surface area contributed by atoms with E-state index >= 15 is 0 Å². The van der Waals surface area contributed by atoms with Crippen LogP contribution in [0.15, 0.2) is 30.3 Å². The molecule has 1 fully saturated rings. The summed E-state index contributed by atoms with van der Waals surface area (Å²) in [6.07, 6.45) is -3.63. The normalized spacial score (nSPS) is 36.5. The summed E-state index contributed by atoms with van der Waals surface area (Å²) >= 11 is 0. The Balaban J connectivity index is 2.17. The molecular formula is C12H14F2O. The van der Waals surface area contributed by atoms with Gasteiger partial charge in [0.05, 0.1) is 6.10 Å². The van der Waals surface area contributed by atoms with E-state index in [1.54, 1.807) is 0 Å². The van der Waals surface area contributed by atoms with E-state index in [0.29, 0.717) is 12.8 Å². The van der Waals surface area contributed by atoms with Crippen LogP contribution in [0.5, 0.6) is 0 Å². The van der Waals surface area contributed by atoms with Crippen LogP contribution in [0.4, 0.5) is 8.78 Å². The molecule has 1 N–H and O–H groups in total. The number of benzene rings is 1. The van der Waals surface area contributed by atoms with Gasteiger partial charge in [-0.05, 0) is 18.4 Å². The first kappa shape index (κ1) is 10.6. The summed E-state index contributed by atoms with van der Waals surface area (Å²) in [5.74, 6) is -0.412. The molecule has 1 saturated carbocycles. The standard InChI is InChI=1S/C12H14F2O/c13-11-9(6-7-10(15)12(11)14)8-4-2-1-3-5-8/h1-5,9-12,15H,6-7H2/t9-,10+,11+,12-/m0/s1. The Labute approximate surface area is 87.7 Å². The molecule has 0 amide bonds. The third-order valence-electron chi connectivity index (χ3n) is 3.06. The highest BCUT2D eigenvalue weighted by atomic mass is 19.2. The van der Waals surface area contributed by atoms with Crippen molar-refractivity contribution in [1.29, 1.82) is 0 Å². The predicted molar refractivity (Wildman–Crippen MR) is 54.2 cm³/mol. The van der Waals surface area contributed by atoms with Crippen molar-refractivity contribution in [3.8, 4) is 0 Å². The minimum atomic E-state index is -1.75. The Kier molecular flexibility index (Phi) is 3.00. The van der Waals surface area contributed by atoms with E-state index in [1.165, 1.54) is 0 Å². The zero-order chi connectivity index (χ0) is 10.8. The molecule has 1 aromatic rings. The van der Waals surface area contributed by atoms with Gasteiger partial charge in [0.25, 0.3) is 0 Å². The molecule has 0 aliphatic heterocycles. The van der Waals surface area contributed by atoms with E-state index in [9.17, 15) is 13.9 Å². The zero-order valence-electron chi connectivity index (χ0n) is 8.31. The topological polar surface area (TPSA) is 20.2 Å². The number of aliphatic hydroxyl groups excluding tert-OH is 1. The Morgan fingerprint density at radius 1 is 1.00 bits per heavy atom. The van der Waals surface area contributed by atoms with Crippen molar-refractivity contribution < 1.29 is 13.9 Å². The minimum Gasteiger partial charge on any atom is -0.390 e. The summed E-state index contributed by atoms with van der Waals surface area (Å²) in [7, 11) is 0. The van der Waals surface area contributed by atoms with Crippen LogP contribution in [0, 0.1) is 0 Å². The third-order valence-corrected chi connectivity index (χ3v) is 3.06. The zero-order valence-corrected chi connectivity index (χ0v) is 8.31. The fourth-order valence-corrected chi connectivity index (χ4v) is 2.15. The van der Waals surface area contributed by atoms with Gasteiger partial charge in [-0.1, -0.05) is 30.3 Å². The molecular weight excluding hydrogens is 198 g/mol. The summed E-state index contributed by atoms with van der Waals surface area (Å²) in [6.45, 7) is 0. The number of hydrogen-bond donors (Lipinski definition) is 1. The third kappa shape index (κ3) is 2.02. The van der Waals surface area contributed by atoms with E-state index in [4.69, 9.17) is 0 Å². The van der Waals surface area contributed by atoms with Crippen molar-refractivity contribution in [3.63, 3.8) is 0 Å². The van der Waals surface area contributed by atoms with Crippen LogP contribution in [0.3, 0.4) is 0 Å². The van der Waals surface area contributed by atoms with Crippen molar-refractivity contribution in [3.05, 3.63) is 35.9 Å². The molecule has 1 nitrogen and oxygen atoms in total. The number of rotatable bonds is 1. The van der Waals surface area contributed by atoms with E-state index < -0.39 is 24.4 Å². The van der Waals surface area contributed by atoms with Crippen molar-refractivity contribution in [2.45, 2.75) is 37.2 Å². The molecule has 15 heavy (non-hydrogen) atoms. The van der Waals surface area contributed by atoms with Crippen LogP contribution in [-0.2, 0) is 0 Å². The lowest BCUT2D eigenvalue weighted by molar-refractivity contribution is -0.0168. The van der Waals surface area contributed by atoms with Gasteiger partial charge in [-0.2, -0.15) is 0 Å². The lowest BCUT2D eigenvalue weighted by Crippen LogP contribution is -2.40. The van der Waals surface area contributed by atoms with Crippen molar-refractivity contribution >= 4 is 0 Å². The molecule has 1 aliphatic rings. The molecule has 0 aromatic heterocycles. The molecule has 0 saturated heterocycles. The van der Waals surface area contributed by atoms with Gasteiger partial charge in [-0.25, -0.2) is 8.78 Å². The van der Waals surface area contributed by atoms with E-state index in [0.717, 1.165) is 5.56 Å². The molecule has 0 bridgehead atoms. The lowest BCUT2D eigenvalue weighted by atomic mass is 9.80. The highest BCUT2D eigenvalue weighted by molar-refractivity contribution is 5.22. The van der Waals surface area contributed by atoms with Gasteiger partial charge in [0.15, 0.2) is 6.17 Å². The Morgan fingerprint density at radius 3 is 2.33 bits per heavy atom. The molecule has 1 aliphatic carbocycles. The van der Waals surface area contributed by atoms with Gasteiger partial charge in [0, 0.05) is 5.92 Å². The number of halogens is 2. The van der Waals surface area contributed by atoms with Gasteiger partial charge in [-0.3, -0.25) is 0 Å². The second-order valence-corrected chi connectivity index (χ2v) is 4.05. The first-order chi connectivity index (χ1) is 7.20. The predicted octanol–water partition coefficient (Wildman–Crippen LogP) is 2.60. The molecule has 0 heterocycles. The molecule has 82 valence electrons. The van der Waals surface area contributed by atoms with Gasteiger partial charge in [-0.15, -0.1) is 0 Å². The average molecular weight is 212 g/mol. The summed E-state index contributed by atoms with van der Waals surface area (Å²) < 4.78 is 26.9. The maximum Gasteiger partial charge on any atom is 0.157 e. The van der Waals surface area contributed by atoms with Gasteiger partial charge >= 0.3 is 0 Å². The summed E-state index contributed by atoms with van der Waals surface area (Å²) in [6, 6.07) is 9.10. The fraction of sp³-hybridized carbons (Fsp3) is 0.500. The number of aliphatic hydroxyl groups is 1. The minimum absolute atomic E-state index is 0.334. The second kappa shape index (κ2) is 4.27. The van der Waals surface area contributed by atoms with Crippen LogP contribution in [0.2, 0.25) is 0 Å². The van der Waals surface area contributed by atoms with Gasteiger partial charge in [0.1, 0.15) is 6.17 Å². The first-order valence-corrected chi connectivity index (χ1v) is 5.21. The molecule has 2 rings (SSSR count). The maximum atomic E-state index is 13.6. The number of hydrogen-bond acceptors (Lipinski definition) is 1. The smallest absolute Gasteiger partial charge is 0.157 e. The highest BCUT2D eigenvalue weighted by Gasteiger charge is 2.39. The summed E-state index contributed by atoms with van der Waals surface area (Å²) in [5, 5.41) is 9.20. The quantitative estimate of drug-likeness (QED) is 0.758. The van der Waals surface area contributed by atoms with E-state index in [-0.39, 0.29) is 0 Å². The Bertz CT molecular complexity index is 315. The van der Waals surface area contributed by atoms with Crippen LogP contribution < -0.4 is 0 Å². The van der Waals surface area contributed by atoms with Gasteiger partial charge in [0.2, 0.25) is 0 Å². The van der Waals surface area contributed by atoms with Crippen LogP contribution in [-0.4, -0.2) is 23.6 Å². The van der Waals surface area contributed by atoms with Gasteiger partial charge < -0.3 is 5.11 Å². The maximum absolute atomic E-state index is 13.6. The Hall–Kier alpha value is -0.960. The first-order valence-electron chi connectivity index (χ1n) is 5.21. The Morgan fingerprint density at radius 2 is 1.67 bits per heavy atom. The summed E-state index contributed by atoms with van der Waals surface area (Å²) in [5.41, 5.74) is 0.819. The monoisotopic (exact) mass is 212 g/mol. The summed E-state index contributed by atoms with van der Waals surface area (Å²) in [4.78, 5) is 0. The van der Waals surface area contributed by atoms with E-state index in [1.807, 2.05) is 30.3 Å². The molecule has 0 unspecified atom stereocenters. The molecule has 0 spiro atoms. The van der Waals surface area contributed by atoms with Crippen molar-refractivity contribution in [2.24, 2.45) is 0 Å². The van der Waals surface area contributed by atoms with Crippen molar-refractivity contribution in [2.75, 3.05) is 0 Å². The van der Waals surface area contributed by atoms with Crippen LogP contribution in [0.1, 0.15) is 24.3 Å². The number of alkyl halides is 2. The average Bonchev–Trinajstić information content (AvgIpc) is 2.27.